The number of pyridine rings is 1. The van der Waals surface area contributed by atoms with Crippen molar-refractivity contribution < 1.29 is 13.2 Å². The average Bonchev–Trinajstić information content (AvgIpc) is 2.91. The third-order valence-electron chi connectivity index (χ3n) is 3.86. The summed E-state index contributed by atoms with van der Waals surface area (Å²) in [5.41, 5.74) is 2.18. The fourth-order valence-corrected chi connectivity index (χ4v) is 3.19. The predicted molar refractivity (Wildman–Crippen MR) is 83.5 cm³/mol. The van der Waals surface area contributed by atoms with Crippen LogP contribution >= 0.6 is 11.3 Å². The Labute approximate surface area is 136 Å². The summed E-state index contributed by atoms with van der Waals surface area (Å²) in [6.07, 6.45) is -2.48. The van der Waals surface area contributed by atoms with Crippen LogP contribution in [0.1, 0.15) is 17.7 Å². The van der Waals surface area contributed by atoms with Gasteiger partial charge in [0.15, 0.2) is 0 Å². The van der Waals surface area contributed by atoms with Crippen molar-refractivity contribution in [2.24, 2.45) is 0 Å². The van der Waals surface area contributed by atoms with Gasteiger partial charge in [-0.15, -0.1) is 11.3 Å². The Morgan fingerprint density at radius 1 is 1.09 bits per heavy atom. The molecule has 23 heavy (non-hydrogen) atoms. The number of alkyl halides is 3. The van der Waals surface area contributed by atoms with Crippen LogP contribution in [0, 0.1) is 0 Å². The Balaban J connectivity index is 1.61. The molecule has 1 aliphatic rings. The first-order chi connectivity index (χ1) is 11.0. The van der Waals surface area contributed by atoms with Crippen molar-refractivity contribution >= 4 is 17.2 Å². The molecule has 3 heterocycles. The number of hydrogen-bond donors (Lipinski definition) is 0. The zero-order valence-electron chi connectivity index (χ0n) is 12.5. The van der Waals surface area contributed by atoms with Gasteiger partial charge in [-0.25, -0.2) is 9.97 Å². The van der Waals surface area contributed by atoms with Crippen LogP contribution in [-0.4, -0.2) is 41.0 Å². The quantitative estimate of drug-likeness (QED) is 0.857. The van der Waals surface area contributed by atoms with Crippen LogP contribution in [0.5, 0.6) is 0 Å². The van der Waals surface area contributed by atoms with Gasteiger partial charge in [0.25, 0.3) is 0 Å². The third kappa shape index (κ3) is 4.20. The number of aromatic nitrogens is 2. The summed E-state index contributed by atoms with van der Waals surface area (Å²) in [6, 6.07) is 2.55. The smallest absolute Gasteiger partial charge is 0.355 e. The summed E-state index contributed by atoms with van der Waals surface area (Å²) in [4.78, 5) is 12.6. The molecule has 1 aliphatic heterocycles. The number of nitrogens with zero attached hydrogens (tertiary/aromatic N) is 4. The minimum Gasteiger partial charge on any atom is -0.355 e. The second kappa shape index (κ2) is 6.84. The molecule has 0 spiro atoms. The highest BCUT2D eigenvalue weighted by molar-refractivity contribution is 7.07. The Bertz CT molecular complexity index is 613. The molecule has 0 aromatic carbocycles. The Kier molecular flexibility index (Phi) is 4.82. The van der Waals surface area contributed by atoms with E-state index in [1.165, 1.54) is 6.07 Å². The fourth-order valence-electron chi connectivity index (χ4n) is 2.64. The van der Waals surface area contributed by atoms with Gasteiger partial charge in [0.05, 0.1) is 16.8 Å². The topological polar surface area (TPSA) is 32.3 Å². The van der Waals surface area contributed by atoms with Gasteiger partial charge in [-0.3, -0.25) is 4.90 Å². The molecule has 2 aromatic heterocycles. The highest BCUT2D eigenvalue weighted by Crippen LogP contribution is 2.29. The molecule has 0 bridgehead atoms. The van der Waals surface area contributed by atoms with Crippen LogP contribution in [0.2, 0.25) is 0 Å². The van der Waals surface area contributed by atoms with E-state index < -0.39 is 11.7 Å². The first-order valence-corrected chi connectivity index (χ1v) is 8.34. The lowest BCUT2D eigenvalue weighted by Gasteiger charge is -2.22. The summed E-state index contributed by atoms with van der Waals surface area (Å²) in [6.45, 7) is 4.17. The number of halogens is 3. The molecule has 0 radical (unpaired) electrons. The molecular formula is C15H17F3N4S. The number of anilines is 1. The van der Waals surface area contributed by atoms with E-state index in [-0.39, 0.29) is 0 Å². The normalized spacial score (nSPS) is 17.3. The van der Waals surface area contributed by atoms with Gasteiger partial charge in [-0.2, -0.15) is 13.2 Å². The molecule has 0 aliphatic carbocycles. The van der Waals surface area contributed by atoms with E-state index in [2.05, 4.69) is 14.9 Å². The highest BCUT2D eigenvalue weighted by Gasteiger charge is 2.31. The molecule has 3 rings (SSSR count). The fraction of sp³-hybridized carbons (Fsp3) is 0.467. The highest BCUT2D eigenvalue weighted by atomic mass is 32.1. The molecule has 1 fully saturated rings. The van der Waals surface area contributed by atoms with Gasteiger partial charge in [0, 0.05) is 44.3 Å². The van der Waals surface area contributed by atoms with E-state index in [4.69, 9.17) is 0 Å². The van der Waals surface area contributed by atoms with Gasteiger partial charge >= 0.3 is 6.18 Å². The lowest BCUT2D eigenvalue weighted by atomic mass is 10.2. The minimum atomic E-state index is -4.34. The maximum Gasteiger partial charge on any atom is 0.417 e. The summed E-state index contributed by atoms with van der Waals surface area (Å²) < 4.78 is 37.8. The Hall–Kier alpha value is -1.67. The van der Waals surface area contributed by atoms with Crippen LogP contribution < -0.4 is 4.90 Å². The molecule has 1 saturated heterocycles. The predicted octanol–water partition coefficient (Wildman–Crippen LogP) is 3.27. The number of hydrogen-bond acceptors (Lipinski definition) is 5. The molecule has 0 atom stereocenters. The third-order valence-corrected chi connectivity index (χ3v) is 4.49. The van der Waals surface area contributed by atoms with Crippen molar-refractivity contribution in [2.45, 2.75) is 19.1 Å². The summed E-state index contributed by atoms with van der Waals surface area (Å²) in [7, 11) is 0. The minimum absolute atomic E-state index is 0.605. The second-order valence-corrected chi connectivity index (χ2v) is 6.22. The molecular weight excluding hydrogens is 325 g/mol. The van der Waals surface area contributed by atoms with E-state index in [0.717, 1.165) is 57.1 Å². The SMILES string of the molecule is FC(F)(F)c1ccc(N2CCCN(Cc3cscn3)CC2)nc1. The second-order valence-electron chi connectivity index (χ2n) is 5.50. The van der Waals surface area contributed by atoms with Gasteiger partial charge in [-0.1, -0.05) is 0 Å². The summed E-state index contributed by atoms with van der Waals surface area (Å²) >= 11 is 1.58. The van der Waals surface area contributed by atoms with Crippen molar-refractivity contribution in [1.82, 2.24) is 14.9 Å². The van der Waals surface area contributed by atoms with Crippen LogP contribution in [0.3, 0.4) is 0 Å². The molecule has 0 unspecified atom stereocenters. The maximum absolute atomic E-state index is 12.6. The standard InChI is InChI=1S/C15H17F3N4S/c16-15(17,18)12-2-3-14(19-8-12)22-5-1-4-21(6-7-22)9-13-10-23-11-20-13/h2-3,8,10-11H,1,4-7,9H2. The van der Waals surface area contributed by atoms with E-state index in [9.17, 15) is 13.2 Å². The van der Waals surface area contributed by atoms with Gasteiger partial charge < -0.3 is 4.90 Å². The lowest BCUT2D eigenvalue weighted by molar-refractivity contribution is -0.137. The first kappa shape index (κ1) is 16.2. The van der Waals surface area contributed by atoms with Crippen molar-refractivity contribution in [3.8, 4) is 0 Å². The van der Waals surface area contributed by atoms with Gasteiger partial charge in [-0.05, 0) is 18.6 Å². The monoisotopic (exact) mass is 342 g/mol. The summed E-state index contributed by atoms with van der Waals surface area (Å²) in [5.74, 6) is 0.605. The zero-order chi connectivity index (χ0) is 16.3. The molecule has 8 heteroatoms. The van der Waals surface area contributed by atoms with Crippen molar-refractivity contribution in [3.63, 3.8) is 0 Å². The van der Waals surface area contributed by atoms with E-state index in [1.807, 2.05) is 15.8 Å². The first-order valence-electron chi connectivity index (χ1n) is 7.40. The van der Waals surface area contributed by atoms with Crippen molar-refractivity contribution in [3.05, 3.63) is 40.5 Å². The lowest BCUT2D eigenvalue weighted by Crippen LogP contribution is -2.31. The van der Waals surface area contributed by atoms with E-state index >= 15 is 0 Å². The molecule has 4 nitrogen and oxygen atoms in total. The van der Waals surface area contributed by atoms with Crippen LogP contribution in [0.15, 0.2) is 29.2 Å². The van der Waals surface area contributed by atoms with Crippen molar-refractivity contribution in [2.75, 3.05) is 31.1 Å². The number of thiazole rings is 1. The van der Waals surface area contributed by atoms with Crippen LogP contribution in [0.4, 0.5) is 19.0 Å². The average molecular weight is 342 g/mol. The Morgan fingerprint density at radius 3 is 2.61 bits per heavy atom. The molecule has 0 saturated carbocycles. The van der Waals surface area contributed by atoms with E-state index in [0.29, 0.717) is 5.82 Å². The maximum atomic E-state index is 12.6. The molecule has 0 amide bonds. The largest absolute Gasteiger partial charge is 0.417 e. The van der Waals surface area contributed by atoms with E-state index in [1.54, 1.807) is 11.3 Å². The molecule has 124 valence electrons. The summed E-state index contributed by atoms with van der Waals surface area (Å²) in [5, 5.41) is 2.04. The van der Waals surface area contributed by atoms with Crippen LogP contribution in [-0.2, 0) is 12.7 Å². The Morgan fingerprint density at radius 2 is 1.96 bits per heavy atom. The molecule has 2 aromatic rings. The van der Waals surface area contributed by atoms with Crippen molar-refractivity contribution in [1.29, 1.82) is 0 Å². The molecule has 0 N–H and O–H groups in total. The van der Waals surface area contributed by atoms with Gasteiger partial charge in [0.2, 0.25) is 0 Å². The number of rotatable bonds is 3. The van der Waals surface area contributed by atoms with Crippen LogP contribution in [0.25, 0.3) is 0 Å². The zero-order valence-corrected chi connectivity index (χ0v) is 13.3. The van der Waals surface area contributed by atoms with Gasteiger partial charge in [0.1, 0.15) is 5.82 Å².